The standard InChI is InChI=1S/C16H15FN2O2S/c1-18-8-4-6-12(14(18)20)15(21)19-9-10-22-16(19)11-5-2-3-7-13(11)17/h2-8,16H,9-10H2,1H3. The van der Waals surface area contributed by atoms with Gasteiger partial charge in [0, 0.05) is 31.1 Å². The second kappa shape index (κ2) is 5.96. The number of nitrogens with zero attached hydrogens (tertiary/aromatic N) is 2. The molecule has 1 aromatic heterocycles. The minimum Gasteiger partial charge on any atom is -0.321 e. The Balaban J connectivity index is 1.97. The van der Waals surface area contributed by atoms with Gasteiger partial charge in [-0.1, -0.05) is 18.2 Å². The van der Waals surface area contributed by atoms with Crippen LogP contribution in [0.4, 0.5) is 4.39 Å². The molecule has 2 heterocycles. The first-order valence-corrected chi connectivity index (χ1v) is 7.97. The Morgan fingerprint density at radius 2 is 2.05 bits per heavy atom. The lowest BCUT2D eigenvalue weighted by molar-refractivity contribution is 0.0756. The number of amides is 1. The average Bonchev–Trinajstić information content (AvgIpc) is 2.99. The predicted molar refractivity (Wildman–Crippen MR) is 84.3 cm³/mol. The summed E-state index contributed by atoms with van der Waals surface area (Å²) in [5, 5.41) is -0.390. The normalized spacial score (nSPS) is 17.7. The molecule has 0 saturated carbocycles. The molecule has 22 heavy (non-hydrogen) atoms. The van der Waals surface area contributed by atoms with Crippen molar-refractivity contribution in [3.05, 3.63) is 69.9 Å². The van der Waals surface area contributed by atoms with Gasteiger partial charge in [-0.15, -0.1) is 11.8 Å². The third-order valence-corrected chi connectivity index (χ3v) is 4.92. The molecule has 4 nitrogen and oxygen atoms in total. The quantitative estimate of drug-likeness (QED) is 0.854. The van der Waals surface area contributed by atoms with Crippen LogP contribution in [0, 0.1) is 5.82 Å². The van der Waals surface area contributed by atoms with Gasteiger partial charge in [0.25, 0.3) is 11.5 Å². The Kier molecular flexibility index (Phi) is 4.02. The number of carbonyl (C=O) groups excluding carboxylic acids is 1. The average molecular weight is 318 g/mol. The van der Waals surface area contributed by atoms with E-state index >= 15 is 0 Å². The Morgan fingerprint density at radius 1 is 1.27 bits per heavy atom. The monoisotopic (exact) mass is 318 g/mol. The van der Waals surface area contributed by atoms with Crippen LogP contribution >= 0.6 is 11.8 Å². The van der Waals surface area contributed by atoms with E-state index in [4.69, 9.17) is 0 Å². The van der Waals surface area contributed by atoms with Crippen LogP contribution in [0.2, 0.25) is 0 Å². The van der Waals surface area contributed by atoms with Gasteiger partial charge in [-0.25, -0.2) is 4.39 Å². The first-order chi connectivity index (χ1) is 10.6. The molecule has 1 amide bonds. The molecule has 0 aliphatic carbocycles. The first-order valence-electron chi connectivity index (χ1n) is 6.92. The predicted octanol–water partition coefficient (Wildman–Crippen LogP) is 2.41. The third-order valence-electron chi connectivity index (χ3n) is 3.68. The number of rotatable bonds is 2. The van der Waals surface area contributed by atoms with Gasteiger partial charge in [0.15, 0.2) is 0 Å². The number of pyridine rings is 1. The van der Waals surface area contributed by atoms with Crippen LogP contribution in [0.1, 0.15) is 21.3 Å². The van der Waals surface area contributed by atoms with Crippen LogP contribution in [0.25, 0.3) is 0 Å². The molecular weight excluding hydrogens is 303 g/mol. The van der Waals surface area contributed by atoms with E-state index < -0.39 is 5.37 Å². The zero-order valence-corrected chi connectivity index (χ0v) is 12.8. The van der Waals surface area contributed by atoms with Crippen LogP contribution in [0.3, 0.4) is 0 Å². The molecule has 0 N–H and O–H groups in total. The lowest BCUT2D eigenvalue weighted by Crippen LogP contribution is -2.35. The highest BCUT2D eigenvalue weighted by Gasteiger charge is 2.33. The molecule has 1 fully saturated rings. The summed E-state index contributed by atoms with van der Waals surface area (Å²) in [7, 11) is 1.60. The van der Waals surface area contributed by atoms with Crippen molar-refractivity contribution in [1.82, 2.24) is 9.47 Å². The zero-order valence-electron chi connectivity index (χ0n) is 12.0. The molecule has 1 atom stereocenters. The summed E-state index contributed by atoms with van der Waals surface area (Å²) in [5.41, 5.74) is 0.261. The summed E-state index contributed by atoms with van der Waals surface area (Å²) >= 11 is 1.51. The summed E-state index contributed by atoms with van der Waals surface area (Å²) in [6.07, 6.45) is 1.60. The van der Waals surface area contributed by atoms with E-state index in [0.717, 1.165) is 5.75 Å². The fourth-order valence-electron chi connectivity index (χ4n) is 2.53. The van der Waals surface area contributed by atoms with Gasteiger partial charge < -0.3 is 9.47 Å². The first kappa shape index (κ1) is 14.8. The maximum atomic E-state index is 14.0. The molecule has 3 rings (SSSR count). The number of hydrogen-bond donors (Lipinski definition) is 0. The number of benzene rings is 1. The molecule has 1 aliphatic heterocycles. The maximum Gasteiger partial charge on any atom is 0.263 e. The number of halogens is 1. The Labute approximate surface area is 131 Å². The summed E-state index contributed by atoms with van der Waals surface area (Å²) in [4.78, 5) is 26.4. The number of aromatic nitrogens is 1. The fraction of sp³-hybridized carbons (Fsp3) is 0.250. The van der Waals surface area contributed by atoms with Crippen molar-refractivity contribution in [2.45, 2.75) is 5.37 Å². The summed E-state index contributed by atoms with van der Waals surface area (Å²) in [6, 6.07) is 9.63. The SMILES string of the molecule is Cn1cccc(C(=O)N2CCSC2c2ccccc2F)c1=O. The van der Waals surface area contributed by atoms with E-state index in [-0.39, 0.29) is 22.8 Å². The van der Waals surface area contributed by atoms with Gasteiger partial charge in [-0.3, -0.25) is 9.59 Å². The van der Waals surface area contributed by atoms with E-state index in [2.05, 4.69) is 0 Å². The number of carbonyl (C=O) groups is 1. The molecule has 6 heteroatoms. The molecular formula is C16H15FN2O2S. The fourth-order valence-corrected chi connectivity index (χ4v) is 3.80. The van der Waals surface area contributed by atoms with Crippen molar-refractivity contribution in [1.29, 1.82) is 0 Å². The summed E-state index contributed by atoms with van der Waals surface area (Å²) in [5.74, 6) is 0.0397. The molecule has 0 radical (unpaired) electrons. The molecule has 1 unspecified atom stereocenters. The Morgan fingerprint density at radius 3 is 2.82 bits per heavy atom. The smallest absolute Gasteiger partial charge is 0.263 e. The van der Waals surface area contributed by atoms with Gasteiger partial charge in [0.1, 0.15) is 16.8 Å². The van der Waals surface area contributed by atoms with E-state index in [9.17, 15) is 14.0 Å². The van der Waals surface area contributed by atoms with Gasteiger partial charge in [0.2, 0.25) is 0 Å². The van der Waals surface area contributed by atoms with Crippen LogP contribution < -0.4 is 5.56 Å². The third kappa shape index (κ3) is 2.54. The molecule has 0 bridgehead atoms. The molecule has 0 spiro atoms. The van der Waals surface area contributed by atoms with Crippen molar-refractivity contribution in [2.75, 3.05) is 12.3 Å². The van der Waals surface area contributed by atoms with Crippen molar-refractivity contribution in [3.63, 3.8) is 0 Å². The van der Waals surface area contributed by atoms with E-state index in [1.807, 2.05) is 0 Å². The van der Waals surface area contributed by atoms with Crippen molar-refractivity contribution in [2.24, 2.45) is 7.05 Å². The molecule has 114 valence electrons. The Hall–Kier alpha value is -2.08. The van der Waals surface area contributed by atoms with Gasteiger partial charge in [-0.2, -0.15) is 0 Å². The highest BCUT2D eigenvalue weighted by Crippen LogP contribution is 2.39. The van der Waals surface area contributed by atoms with Gasteiger partial charge in [0.05, 0.1) is 0 Å². The number of thioether (sulfide) groups is 1. The minimum absolute atomic E-state index is 0.119. The molecule has 1 aliphatic rings. The van der Waals surface area contributed by atoms with Gasteiger partial charge >= 0.3 is 0 Å². The summed E-state index contributed by atoms with van der Waals surface area (Å²) < 4.78 is 15.4. The minimum atomic E-state index is -0.390. The second-order valence-electron chi connectivity index (χ2n) is 5.08. The highest BCUT2D eigenvalue weighted by atomic mass is 32.2. The molecule has 2 aromatic rings. The van der Waals surface area contributed by atoms with Crippen molar-refractivity contribution < 1.29 is 9.18 Å². The highest BCUT2D eigenvalue weighted by molar-refractivity contribution is 7.99. The van der Waals surface area contributed by atoms with Crippen LogP contribution in [-0.4, -0.2) is 27.7 Å². The maximum absolute atomic E-state index is 14.0. The van der Waals surface area contributed by atoms with Crippen LogP contribution in [0.15, 0.2) is 47.4 Å². The summed E-state index contributed by atoms with van der Waals surface area (Å²) in [6.45, 7) is 0.501. The molecule has 1 aromatic carbocycles. The lowest BCUT2D eigenvalue weighted by atomic mass is 10.1. The van der Waals surface area contributed by atoms with Crippen LogP contribution in [0.5, 0.6) is 0 Å². The van der Waals surface area contributed by atoms with Crippen molar-refractivity contribution in [3.8, 4) is 0 Å². The lowest BCUT2D eigenvalue weighted by Gasteiger charge is -2.24. The van der Waals surface area contributed by atoms with Crippen molar-refractivity contribution >= 4 is 17.7 Å². The Bertz CT molecular complexity index is 775. The van der Waals surface area contributed by atoms with E-state index in [0.29, 0.717) is 12.1 Å². The zero-order chi connectivity index (χ0) is 15.7. The molecule has 1 saturated heterocycles. The van der Waals surface area contributed by atoms with E-state index in [1.165, 1.54) is 28.5 Å². The van der Waals surface area contributed by atoms with Gasteiger partial charge in [-0.05, 0) is 18.2 Å². The topological polar surface area (TPSA) is 42.3 Å². The number of aryl methyl sites for hydroxylation is 1. The largest absolute Gasteiger partial charge is 0.321 e. The number of hydrogen-bond acceptors (Lipinski definition) is 3. The second-order valence-corrected chi connectivity index (χ2v) is 6.27. The van der Waals surface area contributed by atoms with Crippen LogP contribution in [-0.2, 0) is 7.05 Å². The van der Waals surface area contributed by atoms with E-state index in [1.54, 1.807) is 42.4 Å².